The Morgan fingerprint density at radius 2 is 2.00 bits per heavy atom. The van der Waals surface area contributed by atoms with Gasteiger partial charge in [0.1, 0.15) is 10.8 Å². The molecule has 0 radical (unpaired) electrons. The summed E-state index contributed by atoms with van der Waals surface area (Å²) in [5, 5.41) is 1.57. The first-order valence-electron chi connectivity index (χ1n) is 6.77. The molecule has 0 aliphatic heterocycles. The van der Waals surface area contributed by atoms with Crippen LogP contribution in [0.15, 0.2) is 34.6 Å². The molecule has 2 aromatic heterocycles. The topological polar surface area (TPSA) is 64.7 Å². The van der Waals surface area contributed by atoms with Crippen LogP contribution in [0.5, 0.6) is 0 Å². The Morgan fingerprint density at radius 1 is 1.24 bits per heavy atom. The zero-order chi connectivity index (χ0) is 15.5. The Morgan fingerprint density at radius 3 is 2.67 bits per heavy atom. The Labute approximate surface area is 134 Å². The molecule has 0 amide bonds. The lowest BCUT2D eigenvalue weighted by Gasteiger charge is -2.23. The predicted molar refractivity (Wildman–Crippen MR) is 90.7 cm³/mol. The van der Waals surface area contributed by atoms with Crippen LogP contribution in [0, 0.1) is 0 Å². The Balaban J connectivity index is 2.29. The van der Waals surface area contributed by atoms with Crippen molar-refractivity contribution in [2.24, 2.45) is 0 Å². The van der Waals surface area contributed by atoms with E-state index >= 15 is 0 Å². The van der Waals surface area contributed by atoms with E-state index in [4.69, 9.17) is 5.73 Å². The van der Waals surface area contributed by atoms with Crippen LogP contribution in [0.1, 0.15) is 32.0 Å². The van der Waals surface area contributed by atoms with Crippen LogP contribution in [0.4, 0.5) is 5.82 Å². The summed E-state index contributed by atoms with van der Waals surface area (Å²) >= 11 is 3.15. The highest BCUT2D eigenvalue weighted by Gasteiger charge is 2.25. The van der Waals surface area contributed by atoms with E-state index in [0.29, 0.717) is 11.0 Å². The zero-order valence-electron chi connectivity index (χ0n) is 12.8. The molecule has 2 aromatic rings. The molecule has 0 aromatic carbocycles. The number of rotatable bonds is 5. The first-order chi connectivity index (χ1) is 9.94. The van der Waals surface area contributed by atoms with Gasteiger partial charge in [-0.25, -0.2) is 9.97 Å². The van der Waals surface area contributed by atoms with Crippen molar-refractivity contribution in [2.45, 2.75) is 42.1 Å². The normalized spacial score (nSPS) is 11.6. The van der Waals surface area contributed by atoms with E-state index in [1.165, 1.54) is 5.56 Å². The fourth-order valence-corrected chi connectivity index (χ4v) is 3.32. The quantitative estimate of drug-likeness (QED) is 0.514. The molecule has 0 saturated carbocycles. The van der Waals surface area contributed by atoms with Crippen molar-refractivity contribution in [1.29, 1.82) is 0 Å². The number of nitrogens with two attached hydrogens (primary N) is 1. The molecule has 0 fully saturated rings. The maximum absolute atomic E-state index is 5.84. The average molecular weight is 320 g/mol. The van der Waals surface area contributed by atoms with Gasteiger partial charge in [0.2, 0.25) is 0 Å². The van der Waals surface area contributed by atoms with Gasteiger partial charge in [0.25, 0.3) is 0 Å². The minimum absolute atomic E-state index is 0.214. The Hall–Kier alpha value is -1.27. The van der Waals surface area contributed by atoms with Crippen LogP contribution >= 0.6 is 23.5 Å². The number of aryl methyl sites for hydroxylation is 1. The van der Waals surface area contributed by atoms with Gasteiger partial charge in [-0.15, -0.1) is 11.8 Å². The van der Waals surface area contributed by atoms with Gasteiger partial charge in [-0.05, 0) is 44.2 Å². The van der Waals surface area contributed by atoms with Crippen LogP contribution in [0.3, 0.4) is 0 Å². The molecule has 0 unspecified atom stereocenters. The molecule has 2 heterocycles. The van der Waals surface area contributed by atoms with Crippen molar-refractivity contribution in [1.82, 2.24) is 15.0 Å². The predicted octanol–water partition coefficient (Wildman–Crippen LogP) is 3.77. The first kappa shape index (κ1) is 16.1. The number of thioether (sulfide) groups is 2. The van der Waals surface area contributed by atoms with E-state index < -0.39 is 0 Å². The molecular weight excluding hydrogens is 300 g/mol. The molecule has 0 bridgehead atoms. The third-order valence-corrected chi connectivity index (χ3v) is 4.82. The molecule has 21 heavy (non-hydrogen) atoms. The molecule has 0 spiro atoms. The van der Waals surface area contributed by atoms with E-state index in [9.17, 15) is 0 Å². The van der Waals surface area contributed by atoms with Gasteiger partial charge in [0.15, 0.2) is 5.16 Å². The number of hydrogen-bond acceptors (Lipinski definition) is 6. The lowest BCUT2D eigenvalue weighted by molar-refractivity contribution is 0.734. The highest BCUT2D eigenvalue weighted by molar-refractivity contribution is 8.00. The van der Waals surface area contributed by atoms with E-state index in [1.54, 1.807) is 29.6 Å². The SMILES string of the molecule is CCc1ccnc(C(C)(C)Sc2nc(N)cc(SC)n2)c1. The summed E-state index contributed by atoms with van der Waals surface area (Å²) < 4.78 is -0.214. The van der Waals surface area contributed by atoms with Crippen molar-refractivity contribution in [2.75, 3.05) is 12.0 Å². The second-order valence-corrected chi connectivity index (χ2v) is 7.55. The van der Waals surface area contributed by atoms with Gasteiger partial charge in [0, 0.05) is 12.3 Å². The van der Waals surface area contributed by atoms with Crippen LogP contribution in [-0.4, -0.2) is 21.2 Å². The maximum Gasteiger partial charge on any atom is 0.191 e. The largest absolute Gasteiger partial charge is 0.384 e. The zero-order valence-corrected chi connectivity index (χ0v) is 14.4. The second-order valence-electron chi connectivity index (χ2n) is 5.13. The summed E-state index contributed by atoms with van der Waals surface area (Å²) in [6.45, 7) is 6.40. The van der Waals surface area contributed by atoms with E-state index in [-0.39, 0.29) is 4.75 Å². The molecule has 6 heteroatoms. The van der Waals surface area contributed by atoms with Crippen molar-refractivity contribution >= 4 is 29.3 Å². The molecule has 2 N–H and O–H groups in total. The molecule has 4 nitrogen and oxygen atoms in total. The number of pyridine rings is 1. The van der Waals surface area contributed by atoms with Gasteiger partial charge < -0.3 is 5.73 Å². The molecule has 0 aliphatic carbocycles. The highest BCUT2D eigenvalue weighted by Crippen LogP contribution is 2.39. The van der Waals surface area contributed by atoms with Crippen molar-refractivity contribution < 1.29 is 0 Å². The summed E-state index contributed by atoms with van der Waals surface area (Å²) in [6, 6.07) is 5.99. The third-order valence-electron chi connectivity index (χ3n) is 3.11. The number of nitrogen functional groups attached to an aromatic ring is 1. The van der Waals surface area contributed by atoms with Gasteiger partial charge in [0.05, 0.1) is 10.4 Å². The third kappa shape index (κ3) is 4.11. The van der Waals surface area contributed by atoms with Crippen molar-refractivity contribution in [3.8, 4) is 0 Å². The number of anilines is 1. The molecule has 2 rings (SSSR count). The molecular formula is C15H20N4S2. The fourth-order valence-electron chi connectivity index (χ4n) is 1.87. The Bertz CT molecular complexity index is 629. The van der Waals surface area contributed by atoms with Gasteiger partial charge >= 0.3 is 0 Å². The number of aromatic nitrogens is 3. The van der Waals surface area contributed by atoms with Crippen LogP contribution in [0.25, 0.3) is 0 Å². The monoisotopic (exact) mass is 320 g/mol. The summed E-state index contributed by atoms with van der Waals surface area (Å²) in [4.78, 5) is 13.3. The van der Waals surface area contributed by atoms with E-state index in [2.05, 4.69) is 41.8 Å². The molecule has 0 atom stereocenters. The minimum Gasteiger partial charge on any atom is -0.384 e. The fraction of sp³-hybridized carbons (Fsp3) is 0.400. The highest BCUT2D eigenvalue weighted by atomic mass is 32.2. The first-order valence-corrected chi connectivity index (χ1v) is 8.81. The lowest BCUT2D eigenvalue weighted by atomic mass is 10.1. The summed E-state index contributed by atoms with van der Waals surface area (Å²) in [6.07, 6.45) is 4.85. The van der Waals surface area contributed by atoms with E-state index in [0.717, 1.165) is 17.1 Å². The van der Waals surface area contributed by atoms with Gasteiger partial charge in [-0.3, -0.25) is 4.98 Å². The standard InChI is InChI=1S/C15H20N4S2/c1-5-10-6-7-17-11(8-10)15(2,3)21-14-18-12(16)9-13(19-14)20-4/h6-9H,5H2,1-4H3,(H2,16,18,19). The number of nitrogens with zero attached hydrogens (tertiary/aromatic N) is 3. The average Bonchev–Trinajstić information content (AvgIpc) is 2.46. The minimum atomic E-state index is -0.214. The molecule has 112 valence electrons. The van der Waals surface area contributed by atoms with Gasteiger partial charge in [-0.2, -0.15) is 0 Å². The van der Waals surface area contributed by atoms with Crippen LogP contribution < -0.4 is 5.73 Å². The lowest BCUT2D eigenvalue weighted by Crippen LogP contribution is -2.15. The van der Waals surface area contributed by atoms with Crippen LogP contribution in [0.2, 0.25) is 0 Å². The number of hydrogen-bond donors (Lipinski definition) is 1. The summed E-state index contributed by atoms with van der Waals surface area (Å²) in [5.41, 5.74) is 8.16. The Kier molecular flexibility index (Phi) is 5.11. The second kappa shape index (κ2) is 6.66. The van der Waals surface area contributed by atoms with Crippen molar-refractivity contribution in [3.63, 3.8) is 0 Å². The van der Waals surface area contributed by atoms with E-state index in [1.807, 2.05) is 18.5 Å². The maximum atomic E-state index is 5.84. The van der Waals surface area contributed by atoms with Gasteiger partial charge in [-0.1, -0.05) is 18.7 Å². The smallest absolute Gasteiger partial charge is 0.191 e. The van der Waals surface area contributed by atoms with Crippen molar-refractivity contribution in [3.05, 3.63) is 35.7 Å². The molecule has 0 aliphatic rings. The van der Waals surface area contributed by atoms with Crippen LogP contribution in [-0.2, 0) is 11.2 Å². The molecule has 0 saturated heterocycles. The summed E-state index contributed by atoms with van der Waals surface area (Å²) in [5.74, 6) is 0.503. The summed E-state index contributed by atoms with van der Waals surface area (Å²) in [7, 11) is 0.